The Kier molecular flexibility index (Phi) is 5.29. The fourth-order valence-electron chi connectivity index (χ4n) is 3.39. The maximum absolute atomic E-state index is 12.8. The number of hydrogen-bond donors (Lipinski definition) is 1. The van der Waals surface area contributed by atoms with Gasteiger partial charge in [0, 0.05) is 10.9 Å². The quantitative estimate of drug-likeness (QED) is 0.528. The number of methoxy groups -OCH3 is 1. The van der Waals surface area contributed by atoms with Crippen LogP contribution in [0.3, 0.4) is 0 Å². The smallest absolute Gasteiger partial charge is 0.251 e. The van der Waals surface area contributed by atoms with Crippen molar-refractivity contribution in [1.29, 1.82) is 0 Å². The molecule has 1 unspecified atom stereocenters. The van der Waals surface area contributed by atoms with Crippen molar-refractivity contribution in [2.24, 2.45) is 0 Å². The largest absolute Gasteiger partial charge is 0.497 e. The number of fused-ring (bicyclic) bond motifs is 1. The number of carbonyl (C=O) groups excluding carboxylic acids is 1. The summed E-state index contributed by atoms with van der Waals surface area (Å²) in [6, 6.07) is 23.5. The molecule has 0 fully saturated rings. The van der Waals surface area contributed by atoms with Gasteiger partial charge in [-0.1, -0.05) is 48.5 Å². The lowest BCUT2D eigenvalue weighted by Gasteiger charge is -2.14. The van der Waals surface area contributed by atoms with E-state index < -0.39 is 0 Å². The molecule has 0 radical (unpaired) electrons. The molecule has 0 aliphatic rings. The summed E-state index contributed by atoms with van der Waals surface area (Å²) in [4.78, 5) is 12.8. The van der Waals surface area contributed by atoms with Crippen molar-refractivity contribution in [3.63, 3.8) is 0 Å². The zero-order chi connectivity index (χ0) is 20.2. The van der Waals surface area contributed by atoms with Crippen molar-refractivity contribution in [2.45, 2.75) is 19.5 Å². The van der Waals surface area contributed by atoms with Gasteiger partial charge < -0.3 is 10.1 Å². The van der Waals surface area contributed by atoms with Gasteiger partial charge in [0.05, 0.1) is 31.4 Å². The molecule has 5 heteroatoms. The highest BCUT2D eigenvalue weighted by atomic mass is 16.5. The van der Waals surface area contributed by atoms with Gasteiger partial charge in [-0.25, -0.2) is 0 Å². The average Bonchev–Trinajstić information content (AvgIpc) is 3.16. The van der Waals surface area contributed by atoms with Crippen molar-refractivity contribution >= 4 is 16.8 Å². The SMILES string of the molecule is COc1cccc(Cn2ncc3ccc(C(=O)NC(C)c4ccccc4)cc32)c1. The first-order valence-corrected chi connectivity index (χ1v) is 9.58. The normalized spacial score (nSPS) is 11.9. The number of hydrogen-bond acceptors (Lipinski definition) is 3. The monoisotopic (exact) mass is 385 g/mol. The highest BCUT2D eigenvalue weighted by molar-refractivity contribution is 5.98. The number of ether oxygens (including phenoxy) is 1. The number of nitrogens with one attached hydrogen (secondary N) is 1. The van der Waals surface area contributed by atoms with Crippen molar-refractivity contribution < 1.29 is 9.53 Å². The van der Waals surface area contributed by atoms with Crippen LogP contribution in [0.5, 0.6) is 5.75 Å². The molecule has 1 N–H and O–H groups in total. The predicted molar refractivity (Wildman–Crippen MR) is 114 cm³/mol. The molecule has 1 atom stereocenters. The highest BCUT2D eigenvalue weighted by Gasteiger charge is 2.13. The van der Waals surface area contributed by atoms with E-state index in [9.17, 15) is 4.79 Å². The van der Waals surface area contributed by atoms with Gasteiger partial charge in [0.2, 0.25) is 0 Å². The molecule has 4 rings (SSSR count). The van der Waals surface area contributed by atoms with E-state index in [1.165, 1.54) is 0 Å². The number of benzene rings is 3. The minimum absolute atomic E-state index is 0.0684. The summed E-state index contributed by atoms with van der Waals surface area (Å²) in [5.74, 6) is 0.714. The Morgan fingerprint density at radius 3 is 2.69 bits per heavy atom. The number of nitrogens with zero attached hydrogens (tertiary/aromatic N) is 2. The molecule has 146 valence electrons. The first-order valence-electron chi connectivity index (χ1n) is 9.58. The zero-order valence-corrected chi connectivity index (χ0v) is 16.5. The minimum Gasteiger partial charge on any atom is -0.497 e. The summed E-state index contributed by atoms with van der Waals surface area (Å²) in [5, 5.41) is 8.57. The fraction of sp³-hybridized carbons (Fsp3) is 0.167. The third-order valence-electron chi connectivity index (χ3n) is 5.02. The van der Waals surface area contributed by atoms with Gasteiger partial charge in [-0.15, -0.1) is 0 Å². The molecule has 5 nitrogen and oxygen atoms in total. The Labute approximate surface area is 169 Å². The van der Waals surface area contributed by atoms with E-state index in [0.29, 0.717) is 12.1 Å². The van der Waals surface area contributed by atoms with Crippen LogP contribution in [0.2, 0.25) is 0 Å². The summed E-state index contributed by atoms with van der Waals surface area (Å²) in [7, 11) is 1.66. The van der Waals surface area contributed by atoms with Crippen LogP contribution < -0.4 is 10.1 Å². The molecule has 3 aromatic carbocycles. The Morgan fingerprint density at radius 2 is 1.90 bits per heavy atom. The molecular weight excluding hydrogens is 362 g/mol. The molecule has 0 bridgehead atoms. The summed E-state index contributed by atoms with van der Waals surface area (Å²) >= 11 is 0. The molecule has 0 saturated carbocycles. The van der Waals surface area contributed by atoms with Gasteiger partial charge in [0.1, 0.15) is 5.75 Å². The number of aromatic nitrogens is 2. The van der Waals surface area contributed by atoms with Crippen LogP contribution in [0.1, 0.15) is 34.5 Å². The molecule has 1 heterocycles. The van der Waals surface area contributed by atoms with Gasteiger partial charge in [-0.05, 0) is 42.3 Å². The summed E-state index contributed by atoms with van der Waals surface area (Å²) in [5.41, 5.74) is 3.70. The molecule has 0 aliphatic heterocycles. The third-order valence-corrected chi connectivity index (χ3v) is 5.02. The molecule has 1 aromatic heterocycles. The van der Waals surface area contributed by atoms with E-state index in [1.807, 2.05) is 90.6 Å². The van der Waals surface area contributed by atoms with Gasteiger partial charge in [-0.2, -0.15) is 5.10 Å². The van der Waals surface area contributed by atoms with Crippen molar-refractivity contribution in [3.8, 4) is 5.75 Å². The second-order valence-electron chi connectivity index (χ2n) is 7.03. The predicted octanol–water partition coefficient (Wildman–Crippen LogP) is 4.58. The van der Waals surface area contributed by atoms with Crippen molar-refractivity contribution in [3.05, 3.63) is 95.7 Å². The maximum Gasteiger partial charge on any atom is 0.251 e. The molecule has 0 saturated heterocycles. The van der Waals surface area contributed by atoms with E-state index in [2.05, 4.69) is 10.4 Å². The molecule has 0 spiro atoms. The topological polar surface area (TPSA) is 56.2 Å². The van der Waals surface area contributed by atoms with Gasteiger partial charge in [-0.3, -0.25) is 9.48 Å². The van der Waals surface area contributed by atoms with Crippen molar-refractivity contribution in [2.75, 3.05) is 7.11 Å². The van der Waals surface area contributed by atoms with Crippen LogP contribution >= 0.6 is 0 Å². The highest BCUT2D eigenvalue weighted by Crippen LogP contribution is 2.20. The van der Waals surface area contributed by atoms with Gasteiger partial charge in [0.15, 0.2) is 0 Å². The summed E-state index contributed by atoms with van der Waals surface area (Å²) in [6.07, 6.45) is 1.82. The molecular formula is C24H23N3O2. The van der Waals surface area contributed by atoms with E-state index >= 15 is 0 Å². The third kappa shape index (κ3) is 4.14. The standard InChI is InChI=1S/C24H23N3O2/c1-17(19-8-4-3-5-9-19)26-24(28)20-11-12-21-15-25-27(23(21)14-20)16-18-7-6-10-22(13-18)29-2/h3-15,17H,16H2,1-2H3,(H,26,28). The van der Waals surface area contributed by atoms with Gasteiger partial charge >= 0.3 is 0 Å². The minimum atomic E-state index is -0.0996. The maximum atomic E-state index is 12.8. The van der Waals surface area contributed by atoms with Crippen LogP contribution in [0.4, 0.5) is 0 Å². The first-order chi connectivity index (χ1) is 14.1. The summed E-state index contributed by atoms with van der Waals surface area (Å²) < 4.78 is 7.21. The number of amides is 1. The second-order valence-corrected chi connectivity index (χ2v) is 7.03. The van der Waals surface area contributed by atoms with Crippen LogP contribution in [0.15, 0.2) is 79.0 Å². The van der Waals surface area contributed by atoms with E-state index in [4.69, 9.17) is 4.74 Å². The number of rotatable bonds is 6. The van der Waals surface area contributed by atoms with E-state index in [1.54, 1.807) is 7.11 Å². The van der Waals surface area contributed by atoms with Gasteiger partial charge in [0.25, 0.3) is 5.91 Å². The van der Waals surface area contributed by atoms with Crippen molar-refractivity contribution in [1.82, 2.24) is 15.1 Å². The Morgan fingerprint density at radius 1 is 1.07 bits per heavy atom. The molecule has 29 heavy (non-hydrogen) atoms. The molecule has 4 aromatic rings. The van der Waals surface area contributed by atoms with Crippen LogP contribution in [0.25, 0.3) is 10.9 Å². The van der Waals surface area contributed by atoms with Crippen LogP contribution in [0, 0.1) is 0 Å². The Hall–Kier alpha value is -3.60. The Balaban J connectivity index is 1.57. The molecule has 0 aliphatic carbocycles. The zero-order valence-electron chi connectivity index (χ0n) is 16.5. The lowest BCUT2D eigenvalue weighted by molar-refractivity contribution is 0.0940. The lowest BCUT2D eigenvalue weighted by atomic mass is 10.1. The van der Waals surface area contributed by atoms with E-state index in [-0.39, 0.29) is 11.9 Å². The number of carbonyl (C=O) groups is 1. The fourth-order valence-corrected chi connectivity index (χ4v) is 3.39. The summed E-state index contributed by atoms with van der Waals surface area (Å²) in [6.45, 7) is 2.59. The Bertz CT molecular complexity index is 1140. The first kappa shape index (κ1) is 18.7. The van der Waals surface area contributed by atoms with Crippen LogP contribution in [-0.4, -0.2) is 22.8 Å². The van der Waals surface area contributed by atoms with E-state index in [0.717, 1.165) is 27.8 Å². The second kappa shape index (κ2) is 8.19. The average molecular weight is 385 g/mol. The molecule has 1 amide bonds. The van der Waals surface area contributed by atoms with Crippen LogP contribution in [-0.2, 0) is 6.54 Å². The lowest BCUT2D eigenvalue weighted by Crippen LogP contribution is -2.26.